The molecule has 0 saturated carbocycles. The fraction of sp³-hybridized carbons (Fsp3) is 0.333. The average molecular weight is 376 g/mol. The molecule has 144 valence electrons. The quantitative estimate of drug-likeness (QED) is 0.740. The summed E-state index contributed by atoms with van der Waals surface area (Å²) in [5.74, 6) is 2.33. The predicted molar refractivity (Wildman–Crippen MR) is 107 cm³/mol. The van der Waals surface area contributed by atoms with E-state index in [0.717, 1.165) is 44.1 Å². The Morgan fingerprint density at radius 2 is 2.04 bits per heavy atom. The minimum Gasteiger partial charge on any atom is -0.357 e. The molecule has 4 rings (SSSR count). The smallest absolute Gasteiger partial charge is 0.251 e. The molecule has 3 aromatic rings. The van der Waals surface area contributed by atoms with Crippen molar-refractivity contribution in [1.82, 2.24) is 24.8 Å². The van der Waals surface area contributed by atoms with Gasteiger partial charge in [0, 0.05) is 62.6 Å². The van der Waals surface area contributed by atoms with Gasteiger partial charge in [-0.3, -0.25) is 9.78 Å². The number of amides is 1. The summed E-state index contributed by atoms with van der Waals surface area (Å²) in [6, 6.07) is 7.65. The van der Waals surface area contributed by atoms with Crippen LogP contribution < -0.4 is 10.2 Å². The molecule has 7 heteroatoms. The first-order valence-corrected chi connectivity index (χ1v) is 9.57. The fourth-order valence-corrected chi connectivity index (χ4v) is 3.75. The highest BCUT2D eigenvalue weighted by Gasteiger charge is 2.25. The van der Waals surface area contributed by atoms with E-state index >= 15 is 0 Å². The molecular formula is C21H24N6O. The van der Waals surface area contributed by atoms with Gasteiger partial charge in [0.05, 0.1) is 6.54 Å². The molecule has 1 fully saturated rings. The third-order valence-corrected chi connectivity index (χ3v) is 5.24. The van der Waals surface area contributed by atoms with Crippen LogP contribution in [-0.2, 0) is 6.54 Å². The Morgan fingerprint density at radius 1 is 1.18 bits per heavy atom. The van der Waals surface area contributed by atoms with Gasteiger partial charge in [0.25, 0.3) is 5.91 Å². The summed E-state index contributed by atoms with van der Waals surface area (Å²) in [6.45, 7) is 2.59. The van der Waals surface area contributed by atoms with Crippen LogP contribution in [0.1, 0.15) is 40.5 Å². The van der Waals surface area contributed by atoms with E-state index in [1.165, 1.54) is 5.56 Å². The van der Waals surface area contributed by atoms with Crippen molar-refractivity contribution in [2.24, 2.45) is 0 Å². The number of imidazole rings is 1. The minimum atomic E-state index is -0.0871. The van der Waals surface area contributed by atoms with E-state index in [2.05, 4.69) is 35.8 Å². The fourth-order valence-electron chi connectivity index (χ4n) is 3.75. The summed E-state index contributed by atoms with van der Waals surface area (Å²) in [6.07, 6.45) is 11.3. The normalized spacial score (nSPS) is 14.8. The Labute approximate surface area is 164 Å². The van der Waals surface area contributed by atoms with E-state index < -0.39 is 0 Å². The number of hydrogen-bond donors (Lipinski definition) is 1. The van der Waals surface area contributed by atoms with Crippen LogP contribution in [0, 0.1) is 0 Å². The van der Waals surface area contributed by atoms with Gasteiger partial charge in [0.15, 0.2) is 0 Å². The highest BCUT2D eigenvalue weighted by Crippen LogP contribution is 2.29. The standard InChI is InChI=1S/C21H24N6O/c1-22-21(28)18-4-8-24-19(13-18)26-10-5-17(6-11-26)20-25-9-12-27(20)15-16-3-2-7-23-14-16/h2-4,7-9,12-14,17H,5-6,10-11,15H2,1H3,(H,22,28). The molecule has 7 nitrogen and oxygen atoms in total. The zero-order valence-corrected chi connectivity index (χ0v) is 16.0. The Bertz CT molecular complexity index is 931. The first-order chi connectivity index (χ1) is 13.7. The molecular weight excluding hydrogens is 352 g/mol. The van der Waals surface area contributed by atoms with Crippen LogP contribution >= 0.6 is 0 Å². The number of carbonyl (C=O) groups excluding carboxylic acids is 1. The minimum absolute atomic E-state index is 0.0871. The molecule has 0 atom stereocenters. The van der Waals surface area contributed by atoms with Crippen molar-refractivity contribution in [3.63, 3.8) is 0 Å². The third kappa shape index (κ3) is 3.88. The first kappa shape index (κ1) is 18.2. The maximum atomic E-state index is 11.9. The number of rotatable bonds is 5. The summed E-state index contributed by atoms with van der Waals surface area (Å²) < 4.78 is 2.22. The van der Waals surface area contributed by atoms with Crippen molar-refractivity contribution < 1.29 is 4.79 Å². The molecule has 0 spiro atoms. The van der Waals surface area contributed by atoms with Gasteiger partial charge < -0.3 is 14.8 Å². The zero-order valence-electron chi connectivity index (χ0n) is 16.0. The number of nitrogens with zero attached hydrogens (tertiary/aromatic N) is 5. The number of carbonyl (C=O) groups is 1. The van der Waals surface area contributed by atoms with Crippen molar-refractivity contribution in [2.45, 2.75) is 25.3 Å². The highest BCUT2D eigenvalue weighted by atomic mass is 16.1. The lowest BCUT2D eigenvalue weighted by Gasteiger charge is -2.32. The topological polar surface area (TPSA) is 75.9 Å². The Balaban J connectivity index is 1.43. The van der Waals surface area contributed by atoms with E-state index in [1.807, 2.05) is 30.7 Å². The van der Waals surface area contributed by atoms with Gasteiger partial charge in [-0.05, 0) is 36.6 Å². The van der Waals surface area contributed by atoms with Gasteiger partial charge in [-0.15, -0.1) is 0 Å². The van der Waals surface area contributed by atoms with Gasteiger partial charge in [-0.1, -0.05) is 6.07 Å². The molecule has 0 radical (unpaired) electrons. The lowest BCUT2D eigenvalue weighted by molar-refractivity contribution is 0.0963. The number of aromatic nitrogens is 4. The molecule has 1 N–H and O–H groups in total. The van der Waals surface area contributed by atoms with Gasteiger partial charge in [0.1, 0.15) is 11.6 Å². The SMILES string of the molecule is CNC(=O)c1ccnc(N2CCC(c3nccn3Cc3cccnc3)CC2)c1. The monoisotopic (exact) mass is 376 g/mol. The Hall–Kier alpha value is -3.22. The van der Waals surface area contributed by atoms with Crippen LogP contribution in [0.2, 0.25) is 0 Å². The lowest BCUT2D eigenvalue weighted by atomic mass is 9.95. The van der Waals surface area contributed by atoms with Crippen molar-refractivity contribution >= 4 is 11.7 Å². The zero-order chi connectivity index (χ0) is 19.3. The van der Waals surface area contributed by atoms with Crippen molar-refractivity contribution in [1.29, 1.82) is 0 Å². The molecule has 3 aromatic heterocycles. The molecule has 4 heterocycles. The maximum absolute atomic E-state index is 11.9. The maximum Gasteiger partial charge on any atom is 0.251 e. The van der Waals surface area contributed by atoms with E-state index in [9.17, 15) is 4.79 Å². The lowest BCUT2D eigenvalue weighted by Crippen LogP contribution is -2.34. The summed E-state index contributed by atoms with van der Waals surface area (Å²) in [5.41, 5.74) is 1.82. The molecule has 0 unspecified atom stereocenters. The largest absolute Gasteiger partial charge is 0.357 e. The first-order valence-electron chi connectivity index (χ1n) is 9.57. The number of piperidine rings is 1. The molecule has 28 heavy (non-hydrogen) atoms. The van der Waals surface area contributed by atoms with Crippen LogP contribution in [-0.4, -0.2) is 45.6 Å². The van der Waals surface area contributed by atoms with E-state index in [4.69, 9.17) is 0 Å². The number of anilines is 1. The van der Waals surface area contributed by atoms with Crippen LogP contribution in [0.4, 0.5) is 5.82 Å². The summed E-state index contributed by atoms with van der Waals surface area (Å²) in [7, 11) is 1.64. The Kier molecular flexibility index (Phi) is 5.32. The number of pyridine rings is 2. The van der Waals surface area contributed by atoms with Crippen molar-refractivity contribution in [2.75, 3.05) is 25.0 Å². The molecule has 1 saturated heterocycles. The summed E-state index contributed by atoms with van der Waals surface area (Å²) in [4.78, 5) is 27.4. The summed E-state index contributed by atoms with van der Waals surface area (Å²) >= 11 is 0. The summed E-state index contributed by atoms with van der Waals surface area (Å²) in [5, 5.41) is 2.66. The van der Waals surface area contributed by atoms with Gasteiger partial charge in [-0.25, -0.2) is 9.97 Å². The Morgan fingerprint density at radius 3 is 2.79 bits per heavy atom. The highest BCUT2D eigenvalue weighted by molar-refractivity contribution is 5.94. The number of nitrogens with one attached hydrogen (secondary N) is 1. The van der Waals surface area contributed by atoms with E-state index in [0.29, 0.717) is 11.5 Å². The second kappa shape index (κ2) is 8.21. The molecule has 0 bridgehead atoms. The van der Waals surface area contributed by atoms with Crippen molar-refractivity contribution in [3.05, 3.63) is 72.2 Å². The van der Waals surface area contributed by atoms with Crippen molar-refractivity contribution in [3.8, 4) is 0 Å². The van der Waals surface area contributed by atoms with Crippen LogP contribution in [0.15, 0.2) is 55.2 Å². The third-order valence-electron chi connectivity index (χ3n) is 5.24. The van der Waals surface area contributed by atoms with Gasteiger partial charge in [-0.2, -0.15) is 0 Å². The molecule has 1 aliphatic heterocycles. The van der Waals surface area contributed by atoms with E-state index in [1.54, 1.807) is 25.5 Å². The molecule has 0 aromatic carbocycles. The second-order valence-electron chi connectivity index (χ2n) is 7.02. The average Bonchev–Trinajstić information content (AvgIpc) is 3.22. The van der Waals surface area contributed by atoms with Crippen LogP contribution in [0.5, 0.6) is 0 Å². The van der Waals surface area contributed by atoms with E-state index in [-0.39, 0.29) is 5.91 Å². The molecule has 0 aliphatic carbocycles. The number of hydrogen-bond acceptors (Lipinski definition) is 5. The molecule has 1 aliphatic rings. The second-order valence-corrected chi connectivity index (χ2v) is 7.02. The van der Waals surface area contributed by atoms with Crippen LogP contribution in [0.3, 0.4) is 0 Å². The molecule has 1 amide bonds. The van der Waals surface area contributed by atoms with Gasteiger partial charge >= 0.3 is 0 Å². The van der Waals surface area contributed by atoms with Crippen LogP contribution in [0.25, 0.3) is 0 Å². The predicted octanol–water partition coefficient (Wildman–Crippen LogP) is 2.47. The van der Waals surface area contributed by atoms with Gasteiger partial charge in [0.2, 0.25) is 0 Å².